The van der Waals surface area contributed by atoms with E-state index in [9.17, 15) is 0 Å². The van der Waals surface area contributed by atoms with Gasteiger partial charge in [-0.2, -0.15) is 5.10 Å². The summed E-state index contributed by atoms with van der Waals surface area (Å²) in [7, 11) is 0. The Balaban J connectivity index is 2.27. The monoisotopic (exact) mass is 188 g/mol. The summed E-state index contributed by atoms with van der Waals surface area (Å²) in [6.07, 6.45) is 0.717. The first kappa shape index (κ1) is 8.62. The fourth-order valence-corrected chi connectivity index (χ4v) is 1.38. The second-order valence-corrected chi connectivity index (χ2v) is 3.16. The van der Waals surface area contributed by atoms with Gasteiger partial charge in [0.15, 0.2) is 5.82 Å². The zero-order valence-electron chi connectivity index (χ0n) is 7.70. The molecular formula is C10H12N4. The van der Waals surface area contributed by atoms with Gasteiger partial charge >= 0.3 is 0 Å². The van der Waals surface area contributed by atoms with E-state index < -0.39 is 0 Å². The molecule has 5 N–H and O–H groups in total. The number of H-pyrrole nitrogens is 1. The predicted molar refractivity (Wildman–Crippen MR) is 56.7 cm³/mol. The summed E-state index contributed by atoms with van der Waals surface area (Å²) in [5, 5.41) is 6.50. The van der Waals surface area contributed by atoms with Crippen LogP contribution in [0.15, 0.2) is 30.3 Å². The summed E-state index contributed by atoms with van der Waals surface area (Å²) in [4.78, 5) is 0. The minimum absolute atomic E-state index is 0.478. The lowest BCUT2D eigenvalue weighted by atomic mass is 10.1. The summed E-state index contributed by atoms with van der Waals surface area (Å²) in [5.74, 6) is 1.03. The highest BCUT2D eigenvalue weighted by molar-refractivity contribution is 5.54. The zero-order valence-corrected chi connectivity index (χ0v) is 7.70. The zero-order chi connectivity index (χ0) is 9.97. The topological polar surface area (TPSA) is 80.7 Å². The van der Waals surface area contributed by atoms with Crippen molar-refractivity contribution >= 4 is 11.6 Å². The van der Waals surface area contributed by atoms with Crippen LogP contribution in [0.4, 0.5) is 11.6 Å². The fourth-order valence-electron chi connectivity index (χ4n) is 1.38. The highest BCUT2D eigenvalue weighted by Crippen LogP contribution is 2.19. The van der Waals surface area contributed by atoms with Gasteiger partial charge in [-0.3, -0.25) is 5.10 Å². The molecule has 2 aromatic rings. The molecule has 1 aromatic heterocycles. The van der Waals surface area contributed by atoms with Gasteiger partial charge in [-0.25, -0.2) is 0 Å². The molecule has 0 radical (unpaired) electrons. The number of hydrogen-bond acceptors (Lipinski definition) is 3. The van der Waals surface area contributed by atoms with Crippen molar-refractivity contribution in [3.05, 3.63) is 41.5 Å². The Morgan fingerprint density at radius 1 is 1.14 bits per heavy atom. The van der Waals surface area contributed by atoms with E-state index in [-0.39, 0.29) is 0 Å². The summed E-state index contributed by atoms with van der Waals surface area (Å²) in [5.41, 5.74) is 13.4. The fraction of sp³-hybridized carbons (Fsp3) is 0.100. The van der Waals surface area contributed by atoms with Crippen molar-refractivity contribution < 1.29 is 0 Å². The second kappa shape index (κ2) is 3.41. The van der Waals surface area contributed by atoms with Gasteiger partial charge in [-0.15, -0.1) is 0 Å². The number of aromatic amines is 1. The van der Waals surface area contributed by atoms with Crippen LogP contribution in [-0.4, -0.2) is 10.2 Å². The van der Waals surface area contributed by atoms with Crippen molar-refractivity contribution in [2.24, 2.45) is 0 Å². The lowest BCUT2D eigenvalue weighted by molar-refractivity contribution is 1.11. The third-order valence-electron chi connectivity index (χ3n) is 2.15. The molecular weight excluding hydrogens is 176 g/mol. The van der Waals surface area contributed by atoms with Crippen molar-refractivity contribution in [1.29, 1.82) is 0 Å². The number of hydrogen-bond donors (Lipinski definition) is 3. The number of rotatable bonds is 2. The van der Waals surface area contributed by atoms with Gasteiger partial charge in [-0.05, 0) is 5.56 Å². The van der Waals surface area contributed by atoms with Crippen molar-refractivity contribution in [2.45, 2.75) is 6.42 Å². The first-order valence-electron chi connectivity index (χ1n) is 4.39. The SMILES string of the molecule is Nc1n[nH]c(N)c1Cc1ccccc1. The lowest BCUT2D eigenvalue weighted by Crippen LogP contribution is -1.96. The number of nitrogens with two attached hydrogens (primary N) is 2. The highest BCUT2D eigenvalue weighted by Gasteiger charge is 2.07. The molecule has 1 aromatic carbocycles. The van der Waals surface area contributed by atoms with Crippen LogP contribution in [0.3, 0.4) is 0 Å². The van der Waals surface area contributed by atoms with Gasteiger partial charge in [0, 0.05) is 12.0 Å². The molecule has 0 saturated heterocycles. The van der Waals surface area contributed by atoms with Gasteiger partial charge in [0.25, 0.3) is 0 Å². The highest BCUT2D eigenvalue weighted by atomic mass is 15.2. The number of aromatic nitrogens is 2. The summed E-state index contributed by atoms with van der Waals surface area (Å²) in [6, 6.07) is 10.0. The van der Waals surface area contributed by atoms with Crippen molar-refractivity contribution in [3.63, 3.8) is 0 Å². The van der Waals surface area contributed by atoms with Crippen LogP contribution in [0.2, 0.25) is 0 Å². The van der Waals surface area contributed by atoms with Crippen LogP contribution < -0.4 is 11.5 Å². The molecule has 0 fully saturated rings. The normalized spacial score (nSPS) is 10.3. The molecule has 0 spiro atoms. The number of anilines is 2. The summed E-state index contributed by atoms with van der Waals surface area (Å²) >= 11 is 0. The average molecular weight is 188 g/mol. The molecule has 0 aliphatic heterocycles. The van der Waals surface area contributed by atoms with Gasteiger partial charge in [0.2, 0.25) is 0 Å². The van der Waals surface area contributed by atoms with Crippen LogP contribution in [0.25, 0.3) is 0 Å². The molecule has 2 rings (SSSR count). The van der Waals surface area contributed by atoms with Gasteiger partial charge in [-0.1, -0.05) is 30.3 Å². The molecule has 1 heterocycles. The minimum Gasteiger partial charge on any atom is -0.384 e. The van der Waals surface area contributed by atoms with Gasteiger partial charge in [0.1, 0.15) is 5.82 Å². The van der Waals surface area contributed by atoms with E-state index >= 15 is 0 Å². The maximum Gasteiger partial charge on any atom is 0.150 e. The van der Waals surface area contributed by atoms with Crippen molar-refractivity contribution in [1.82, 2.24) is 10.2 Å². The average Bonchev–Trinajstić information content (AvgIpc) is 2.51. The maximum atomic E-state index is 5.69. The molecule has 0 aliphatic rings. The second-order valence-electron chi connectivity index (χ2n) is 3.16. The Bertz CT molecular complexity index is 399. The Labute approximate surface area is 81.9 Å². The largest absolute Gasteiger partial charge is 0.384 e. The predicted octanol–water partition coefficient (Wildman–Crippen LogP) is 1.16. The first-order valence-corrected chi connectivity index (χ1v) is 4.39. The maximum absolute atomic E-state index is 5.69. The summed E-state index contributed by atoms with van der Waals surface area (Å²) < 4.78 is 0. The number of benzene rings is 1. The molecule has 72 valence electrons. The van der Waals surface area contributed by atoms with Crippen molar-refractivity contribution in [2.75, 3.05) is 11.5 Å². The Morgan fingerprint density at radius 3 is 2.43 bits per heavy atom. The summed E-state index contributed by atoms with van der Waals surface area (Å²) in [6.45, 7) is 0. The van der Waals surface area contributed by atoms with Crippen molar-refractivity contribution in [3.8, 4) is 0 Å². The molecule has 0 bridgehead atoms. The standard InChI is InChI=1S/C10H12N4/c11-9-8(10(12)14-13-9)6-7-4-2-1-3-5-7/h1-5H,6H2,(H5,11,12,13,14). The van der Waals surface area contributed by atoms with Crippen LogP contribution in [0.5, 0.6) is 0 Å². The molecule has 0 saturated carbocycles. The van der Waals surface area contributed by atoms with Crippen LogP contribution in [0.1, 0.15) is 11.1 Å². The molecule has 14 heavy (non-hydrogen) atoms. The Kier molecular flexibility index (Phi) is 2.10. The quantitative estimate of drug-likeness (QED) is 0.661. The molecule has 0 aliphatic carbocycles. The van der Waals surface area contributed by atoms with E-state index in [1.807, 2.05) is 30.3 Å². The third kappa shape index (κ3) is 1.54. The van der Waals surface area contributed by atoms with E-state index in [4.69, 9.17) is 11.5 Å². The first-order chi connectivity index (χ1) is 6.77. The number of nitrogens with zero attached hydrogens (tertiary/aromatic N) is 1. The molecule has 4 heteroatoms. The van der Waals surface area contributed by atoms with E-state index in [1.165, 1.54) is 5.56 Å². The lowest BCUT2D eigenvalue weighted by Gasteiger charge is -2.00. The van der Waals surface area contributed by atoms with Gasteiger partial charge in [0.05, 0.1) is 0 Å². The van der Waals surface area contributed by atoms with E-state index in [0.29, 0.717) is 11.6 Å². The van der Waals surface area contributed by atoms with E-state index in [1.54, 1.807) is 0 Å². The Hall–Kier alpha value is -1.97. The van der Waals surface area contributed by atoms with Crippen LogP contribution >= 0.6 is 0 Å². The third-order valence-corrected chi connectivity index (χ3v) is 2.15. The van der Waals surface area contributed by atoms with E-state index in [0.717, 1.165) is 12.0 Å². The Morgan fingerprint density at radius 2 is 1.86 bits per heavy atom. The number of nitrogen functional groups attached to an aromatic ring is 2. The van der Waals surface area contributed by atoms with E-state index in [2.05, 4.69) is 10.2 Å². The molecule has 0 amide bonds. The molecule has 0 unspecified atom stereocenters. The smallest absolute Gasteiger partial charge is 0.150 e. The van der Waals surface area contributed by atoms with Crippen LogP contribution in [0, 0.1) is 0 Å². The number of nitrogens with one attached hydrogen (secondary N) is 1. The molecule has 0 atom stereocenters. The van der Waals surface area contributed by atoms with Gasteiger partial charge < -0.3 is 11.5 Å². The molecule has 4 nitrogen and oxygen atoms in total. The minimum atomic E-state index is 0.478. The van der Waals surface area contributed by atoms with Crippen LogP contribution in [-0.2, 0) is 6.42 Å².